The number of hydrogen-bond acceptors (Lipinski definition) is 5. The number of aliphatic hydroxyl groups is 1. The van der Waals surface area contributed by atoms with Crippen LogP contribution in [0.1, 0.15) is 50.7 Å². The number of hydrogen-bond donors (Lipinski definition) is 3. The smallest absolute Gasteiger partial charge is 0.306 e. The van der Waals surface area contributed by atoms with Gasteiger partial charge in [0.2, 0.25) is 12.2 Å². The van der Waals surface area contributed by atoms with Crippen molar-refractivity contribution in [2.45, 2.75) is 69.9 Å². The molecule has 8 nitrogen and oxygen atoms in total. The van der Waals surface area contributed by atoms with Crippen molar-refractivity contribution in [2.24, 2.45) is 13.0 Å². The van der Waals surface area contributed by atoms with Gasteiger partial charge in [-0.3, -0.25) is 9.59 Å². The van der Waals surface area contributed by atoms with Crippen molar-refractivity contribution in [1.82, 2.24) is 15.2 Å². The summed E-state index contributed by atoms with van der Waals surface area (Å²) in [7, 11) is 1.98. The van der Waals surface area contributed by atoms with Gasteiger partial charge < -0.3 is 20.5 Å². The highest BCUT2D eigenvalue weighted by molar-refractivity contribution is 5.83. The number of benzene rings is 2. The molecule has 2 aromatic carbocycles. The fourth-order valence-corrected chi connectivity index (χ4v) is 5.35. The lowest BCUT2D eigenvalue weighted by atomic mass is 9.75. The average molecular weight is 534 g/mol. The minimum absolute atomic E-state index is 0.0663. The van der Waals surface area contributed by atoms with E-state index >= 15 is 0 Å². The maximum absolute atomic E-state index is 13.4. The Bertz CT molecular complexity index is 1170. The molecule has 3 atom stereocenters. The number of rotatable bonds is 12. The van der Waals surface area contributed by atoms with Gasteiger partial charge in [-0.1, -0.05) is 74.5 Å². The van der Waals surface area contributed by atoms with E-state index in [-0.39, 0.29) is 23.9 Å². The van der Waals surface area contributed by atoms with E-state index in [0.717, 1.165) is 19.4 Å². The highest BCUT2D eigenvalue weighted by atomic mass is 16.5. The van der Waals surface area contributed by atoms with E-state index in [1.54, 1.807) is 0 Å². The molecule has 3 aromatic rings. The molecule has 2 heterocycles. The summed E-state index contributed by atoms with van der Waals surface area (Å²) >= 11 is 0. The predicted molar refractivity (Wildman–Crippen MR) is 148 cm³/mol. The highest BCUT2D eigenvalue weighted by Crippen LogP contribution is 2.36. The van der Waals surface area contributed by atoms with E-state index < -0.39 is 17.7 Å². The molecule has 0 spiro atoms. The molecular formula is C31H41N4O4+. The molecule has 3 N–H and O–H groups in total. The molecular weight excluding hydrogens is 492 g/mol. The van der Waals surface area contributed by atoms with Crippen LogP contribution in [-0.2, 0) is 33.5 Å². The lowest BCUT2D eigenvalue weighted by Crippen LogP contribution is -2.57. The van der Waals surface area contributed by atoms with Crippen LogP contribution in [0, 0.1) is 5.92 Å². The summed E-state index contributed by atoms with van der Waals surface area (Å²) in [5.74, 6) is -0.510. The second-order valence-electron chi connectivity index (χ2n) is 10.8. The Morgan fingerprint density at radius 2 is 1.74 bits per heavy atom. The third-order valence-electron chi connectivity index (χ3n) is 7.42. The minimum Gasteiger partial charge on any atom is -0.461 e. The molecule has 4 rings (SSSR count). The van der Waals surface area contributed by atoms with Gasteiger partial charge in [-0.15, -0.1) is 0 Å². The van der Waals surface area contributed by atoms with Crippen LogP contribution in [0.15, 0.2) is 79.4 Å². The predicted octanol–water partition coefficient (Wildman–Crippen LogP) is 2.83. The minimum atomic E-state index is -1.42. The molecule has 0 radical (unpaired) electrons. The molecule has 8 heteroatoms. The molecule has 0 unspecified atom stereocenters. The zero-order chi connectivity index (χ0) is 27.8. The van der Waals surface area contributed by atoms with E-state index in [4.69, 9.17) is 4.74 Å². The lowest BCUT2D eigenvalue weighted by Gasteiger charge is -2.40. The summed E-state index contributed by atoms with van der Waals surface area (Å²) in [5.41, 5.74) is 0.00795. The van der Waals surface area contributed by atoms with Crippen molar-refractivity contribution in [3.05, 3.63) is 90.5 Å². The number of aromatic nitrogens is 2. The highest BCUT2D eigenvalue weighted by Gasteiger charge is 2.44. The number of esters is 1. The first-order valence-corrected chi connectivity index (χ1v) is 13.8. The maximum Gasteiger partial charge on any atom is 0.306 e. The Hall–Kier alpha value is -3.49. The van der Waals surface area contributed by atoms with Crippen molar-refractivity contribution in [3.8, 4) is 0 Å². The van der Waals surface area contributed by atoms with Crippen LogP contribution in [0.2, 0.25) is 0 Å². The lowest BCUT2D eigenvalue weighted by molar-refractivity contribution is -0.671. The van der Waals surface area contributed by atoms with Crippen molar-refractivity contribution in [3.63, 3.8) is 0 Å². The van der Waals surface area contributed by atoms with E-state index in [9.17, 15) is 14.7 Å². The largest absolute Gasteiger partial charge is 0.461 e. The number of carbonyl (C=O) groups excluding carboxylic acids is 2. The maximum atomic E-state index is 13.4. The van der Waals surface area contributed by atoms with Crippen LogP contribution in [-0.4, -0.2) is 46.3 Å². The van der Waals surface area contributed by atoms with Gasteiger partial charge in [-0.05, 0) is 29.9 Å². The van der Waals surface area contributed by atoms with Crippen LogP contribution in [0.3, 0.4) is 0 Å². The Balaban J connectivity index is 1.34. The summed E-state index contributed by atoms with van der Waals surface area (Å²) in [6.07, 6.45) is 8.06. The van der Waals surface area contributed by atoms with Crippen LogP contribution in [0.25, 0.3) is 0 Å². The zero-order valence-corrected chi connectivity index (χ0v) is 23.1. The molecule has 1 saturated heterocycles. The van der Waals surface area contributed by atoms with Gasteiger partial charge in [0.15, 0.2) is 0 Å². The fraction of sp³-hybridized carbons (Fsp3) is 0.452. The zero-order valence-electron chi connectivity index (χ0n) is 23.1. The second kappa shape index (κ2) is 13.0. The van der Waals surface area contributed by atoms with E-state index in [1.165, 1.54) is 0 Å². The number of amides is 1. The number of unbranched alkanes of at least 4 members (excludes halogenated alkanes) is 1. The summed E-state index contributed by atoms with van der Waals surface area (Å²) in [4.78, 5) is 25.8. The average Bonchev–Trinajstić information content (AvgIpc) is 3.58. The Morgan fingerprint density at radius 1 is 1.10 bits per heavy atom. The molecule has 0 bridgehead atoms. The first kappa shape index (κ1) is 28.5. The summed E-state index contributed by atoms with van der Waals surface area (Å²) in [5, 5.41) is 18.6. The molecule has 39 heavy (non-hydrogen) atoms. The molecule has 0 aliphatic carbocycles. The van der Waals surface area contributed by atoms with Gasteiger partial charge in [0.05, 0.1) is 25.7 Å². The third kappa shape index (κ3) is 7.13. The quantitative estimate of drug-likeness (QED) is 0.189. The van der Waals surface area contributed by atoms with E-state index in [1.807, 2.05) is 105 Å². The molecule has 1 aromatic heterocycles. The molecule has 1 aliphatic rings. The van der Waals surface area contributed by atoms with Crippen LogP contribution >= 0.6 is 0 Å². The Labute approximate surface area is 231 Å². The Morgan fingerprint density at radius 3 is 2.31 bits per heavy atom. The van der Waals surface area contributed by atoms with Crippen LogP contribution in [0.4, 0.5) is 0 Å². The van der Waals surface area contributed by atoms with Gasteiger partial charge in [-0.25, -0.2) is 9.13 Å². The SMILES string of the molecule is CC(C)[C@H](NC(=O)[C@@H]1C[C@@H](OC(=O)CCCCn2cc[n+](C)c2)CN1)C(O)(c1ccccc1)c1ccccc1. The topological polar surface area (TPSA) is 96.5 Å². The first-order valence-electron chi connectivity index (χ1n) is 13.8. The molecule has 208 valence electrons. The van der Waals surface area contributed by atoms with Crippen LogP contribution < -0.4 is 15.2 Å². The number of nitrogens with zero attached hydrogens (tertiary/aromatic N) is 2. The summed E-state index contributed by atoms with van der Waals surface area (Å²) < 4.78 is 9.75. The van der Waals surface area contributed by atoms with Gasteiger partial charge in [0, 0.05) is 19.4 Å². The second-order valence-corrected chi connectivity index (χ2v) is 10.8. The van der Waals surface area contributed by atoms with Crippen molar-refractivity contribution in [2.75, 3.05) is 6.54 Å². The number of ether oxygens (including phenoxy) is 1. The standard InChI is InChI=1S/C31H40N4O4/c1-23(2)29(31(38,24-12-6-4-7-13-24)25-14-8-5-9-15-25)33-30(37)27-20-26(21-32-27)39-28(36)16-10-11-17-35-19-18-34(3)22-35/h4-9,12-15,18-19,22-23,26-27,29,32,38H,10-11,16-17,20-21H2,1-3H3/p+1/t26-,27+,29+/m1/s1. The van der Waals surface area contributed by atoms with Gasteiger partial charge >= 0.3 is 5.97 Å². The molecule has 1 aliphatic heterocycles. The Kier molecular flexibility index (Phi) is 9.54. The number of imidazole rings is 1. The summed E-state index contributed by atoms with van der Waals surface area (Å²) in [6.45, 7) is 5.27. The molecule has 1 fully saturated rings. The van der Waals surface area contributed by atoms with Gasteiger partial charge in [-0.2, -0.15) is 0 Å². The van der Waals surface area contributed by atoms with Crippen molar-refractivity contribution in [1.29, 1.82) is 0 Å². The molecule has 1 amide bonds. The van der Waals surface area contributed by atoms with Crippen molar-refractivity contribution >= 4 is 11.9 Å². The van der Waals surface area contributed by atoms with Crippen molar-refractivity contribution < 1.29 is 24.0 Å². The monoisotopic (exact) mass is 533 g/mol. The first-order chi connectivity index (χ1) is 18.8. The third-order valence-corrected chi connectivity index (χ3v) is 7.42. The van der Waals surface area contributed by atoms with E-state index in [0.29, 0.717) is 30.5 Å². The number of nitrogens with one attached hydrogen (secondary N) is 2. The van der Waals surface area contributed by atoms with Gasteiger partial charge in [0.1, 0.15) is 24.1 Å². The number of aryl methyl sites for hydroxylation is 2. The fourth-order valence-electron chi connectivity index (χ4n) is 5.35. The number of carbonyl (C=O) groups is 2. The molecule has 0 saturated carbocycles. The van der Waals surface area contributed by atoms with Crippen LogP contribution in [0.5, 0.6) is 0 Å². The summed E-state index contributed by atoms with van der Waals surface area (Å²) in [6, 6.07) is 17.8. The van der Waals surface area contributed by atoms with E-state index in [2.05, 4.69) is 15.2 Å². The normalized spacial score (nSPS) is 18.2. The van der Waals surface area contributed by atoms with Gasteiger partial charge in [0.25, 0.3) is 0 Å².